The summed E-state index contributed by atoms with van der Waals surface area (Å²) in [5, 5.41) is 11.1. The fourth-order valence-corrected chi connectivity index (χ4v) is 1.86. The molecule has 0 fully saturated rings. The third-order valence-corrected chi connectivity index (χ3v) is 2.90. The highest BCUT2D eigenvalue weighted by molar-refractivity contribution is 6.32. The van der Waals surface area contributed by atoms with Gasteiger partial charge in [0.2, 0.25) is 5.88 Å². The van der Waals surface area contributed by atoms with E-state index < -0.39 is 4.92 Å². The molecule has 0 aliphatic heterocycles. The van der Waals surface area contributed by atoms with Crippen LogP contribution in [0.4, 0.5) is 5.69 Å². The highest BCUT2D eigenvalue weighted by Gasteiger charge is 2.23. The Bertz CT molecular complexity index is 454. The molecule has 1 aromatic heterocycles. The summed E-state index contributed by atoms with van der Waals surface area (Å²) in [6.07, 6.45) is 2.37. The predicted molar refractivity (Wildman–Crippen MR) is 72.1 cm³/mol. The van der Waals surface area contributed by atoms with Gasteiger partial charge in [-0.2, -0.15) is 4.98 Å². The first kappa shape index (κ1) is 15.5. The molecule has 0 aromatic carbocycles. The lowest BCUT2D eigenvalue weighted by Crippen LogP contribution is -2.16. The number of pyridine rings is 1. The first-order valence-corrected chi connectivity index (χ1v) is 6.46. The largest absolute Gasteiger partial charge is 0.480 e. The van der Waals surface area contributed by atoms with Crippen LogP contribution in [0.5, 0.6) is 11.8 Å². The lowest BCUT2D eigenvalue weighted by Gasteiger charge is -2.16. The van der Waals surface area contributed by atoms with E-state index in [4.69, 9.17) is 21.1 Å². The van der Waals surface area contributed by atoms with E-state index in [2.05, 4.69) is 4.98 Å². The maximum Gasteiger partial charge on any atom is 0.332 e. The molecular formula is C12H17ClN2O4. The normalized spacial score (nSPS) is 12.0. The topological polar surface area (TPSA) is 74.5 Å². The first-order chi connectivity index (χ1) is 9.03. The van der Waals surface area contributed by atoms with Crippen molar-refractivity contribution in [1.29, 1.82) is 0 Å². The van der Waals surface area contributed by atoms with E-state index in [9.17, 15) is 10.1 Å². The van der Waals surface area contributed by atoms with E-state index in [0.29, 0.717) is 0 Å². The molecule has 0 N–H and O–H groups in total. The Balaban J connectivity index is 3.12. The van der Waals surface area contributed by atoms with E-state index in [-0.39, 0.29) is 28.6 Å². The predicted octanol–water partition coefficient (Wildman–Crippen LogP) is 3.61. The summed E-state index contributed by atoms with van der Waals surface area (Å²) in [5.74, 6) is 0.0696. The van der Waals surface area contributed by atoms with Crippen LogP contribution in [0.2, 0.25) is 5.02 Å². The van der Waals surface area contributed by atoms with Crippen molar-refractivity contribution in [3.63, 3.8) is 0 Å². The summed E-state index contributed by atoms with van der Waals surface area (Å²) >= 11 is 5.83. The van der Waals surface area contributed by atoms with Gasteiger partial charge in [-0.3, -0.25) is 10.1 Å². The fraction of sp³-hybridized carbons (Fsp3) is 0.583. The van der Waals surface area contributed by atoms with E-state index in [1.807, 2.05) is 13.8 Å². The molecule has 0 amide bonds. The zero-order valence-corrected chi connectivity index (χ0v) is 11.9. The van der Waals surface area contributed by atoms with Gasteiger partial charge in [-0.05, 0) is 12.8 Å². The van der Waals surface area contributed by atoms with Crippen LogP contribution in [0, 0.1) is 10.1 Å². The van der Waals surface area contributed by atoms with Crippen LogP contribution in [-0.4, -0.2) is 23.1 Å². The standard InChI is InChI=1S/C12H17ClN2O4/c1-4-6-8(5-2)19-12-10(15(16)17)7-9(13)11(14-12)18-3/h7-8H,4-6H2,1-3H3. The molecule has 19 heavy (non-hydrogen) atoms. The van der Waals surface area contributed by atoms with Crippen molar-refractivity contribution >= 4 is 17.3 Å². The molecule has 0 spiro atoms. The van der Waals surface area contributed by atoms with Crippen LogP contribution in [0.1, 0.15) is 33.1 Å². The van der Waals surface area contributed by atoms with Gasteiger partial charge in [-0.1, -0.05) is 31.9 Å². The summed E-state index contributed by atoms with van der Waals surface area (Å²) < 4.78 is 10.6. The van der Waals surface area contributed by atoms with Gasteiger partial charge < -0.3 is 9.47 Å². The maximum atomic E-state index is 11.0. The number of methoxy groups -OCH3 is 1. The Morgan fingerprint density at radius 1 is 1.47 bits per heavy atom. The molecule has 6 nitrogen and oxygen atoms in total. The highest BCUT2D eigenvalue weighted by Crippen LogP contribution is 2.34. The van der Waals surface area contributed by atoms with Gasteiger partial charge in [-0.15, -0.1) is 0 Å². The highest BCUT2D eigenvalue weighted by atomic mass is 35.5. The van der Waals surface area contributed by atoms with Crippen LogP contribution in [-0.2, 0) is 0 Å². The molecule has 1 atom stereocenters. The van der Waals surface area contributed by atoms with Gasteiger partial charge in [0, 0.05) is 6.07 Å². The van der Waals surface area contributed by atoms with Crippen LogP contribution in [0.25, 0.3) is 0 Å². The van der Waals surface area contributed by atoms with E-state index in [1.54, 1.807) is 0 Å². The van der Waals surface area contributed by atoms with Crippen molar-refractivity contribution in [2.75, 3.05) is 7.11 Å². The zero-order chi connectivity index (χ0) is 14.4. The summed E-state index contributed by atoms with van der Waals surface area (Å²) in [7, 11) is 1.40. The fourth-order valence-electron chi connectivity index (χ4n) is 1.63. The molecule has 0 radical (unpaired) electrons. The molecule has 0 saturated carbocycles. The van der Waals surface area contributed by atoms with Gasteiger partial charge >= 0.3 is 5.69 Å². The smallest absolute Gasteiger partial charge is 0.332 e. The summed E-state index contributed by atoms with van der Waals surface area (Å²) in [6, 6.07) is 1.20. The van der Waals surface area contributed by atoms with Gasteiger partial charge in [0.05, 0.1) is 12.0 Å². The second-order valence-electron chi connectivity index (χ2n) is 4.00. The summed E-state index contributed by atoms with van der Waals surface area (Å²) in [4.78, 5) is 14.4. The molecule has 0 saturated heterocycles. The number of aromatic nitrogens is 1. The number of hydrogen-bond acceptors (Lipinski definition) is 5. The SMILES string of the molecule is CCCC(CC)Oc1nc(OC)c(Cl)cc1[N+](=O)[O-]. The molecule has 0 bridgehead atoms. The summed E-state index contributed by atoms with van der Waals surface area (Å²) in [5.41, 5.74) is -0.250. The maximum absolute atomic E-state index is 11.0. The third-order valence-electron chi connectivity index (χ3n) is 2.62. The van der Waals surface area contributed by atoms with Crippen LogP contribution >= 0.6 is 11.6 Å². The lowest BCUT2D eigenvalue weighted by atomic mass is 10.1. The molecule has 1 rings (SSSR count). The van der Waals surface area contributed by atoms with Crippen molar-refractivity contribution in [1.82, 2.24) is 4.98 Å². The number of rotatable bonds is 7. The Kier molecular flexibility index (Phi) is 5.82. The number of ether oxygens (including phenoxy) is 2. The third kappa shape index (κ3) is 3.96. The molecule has 1 heterocycles. The minimum Gasteiger partial charge on any atom is -0.480 e. The quantitative estimate of drug-likeness (QED) is 0.566. The molecule has 1 unspecified atom stereocenters. The average molecular weight is 289 g/mol. The minimum absolute atomic E-state index is 0.0495. The minimum atomic E-state index is -0.563. The van der Waals surface area contributed by atoms with Crippen molar-refractivity contribution in [3.8, 4) is 11.8 Å². The van der Waals surface area contributed by atoms with Crippen molar-refractivity contribution in [3.05, 3.63) is 21.2 Å². The summed E-state index contributed by atoms with van der Waals surface area (Å²) in [6.45, 7) is 3.98. The molecule has 7 heteroatoms. The second-order valence-corrected chi connectivity index (χ2v) is 4.40. The van der Waals surface area contributed by atoms with Gasteiger partial charge in [-0.25, -0.2) is 0 Å². The van der Waals surface area contributed by atoms with Crippen molar-refractivity contribution < 1.29 is 14.4 Å². The Labute approximate surface area is 116 Å². The van der Waals surface area contributed by atoms with Crippen molar-refractivity contribution in [2.45, 2.75) is 39.2 Å². The number of halogens is 1. The average Bonchev–Trinajstić information content (AvgIpc) is 2.39. The second kappa shape index (κ2) is 7.13. The van der Waals surface area contributed by atoms with Crippen molar-refractivity contribution in [2.24, 2.45) is 0 Å². The zero-order valence-electron chi connectivity index (χ0n) is 11.2. The van der Waals surface area contributed by atoms with E-state index in [0.717, 1.165) is 19.3 Å². The number of nitrogens with zero attached hydrogens (tertiary/aromatic N) is 2. The first-order valence-electron chi connectivity index (χ1n) is 6.09. The van der Waals surface area contributed by atoms with E-state index >= 15 is 0 Å². The van der Waals surface area contributed by atoms with Crippen LogP contribution in [0.3, 0.4) is 0 Å². The van der Waals surface area contributed by atoms with Crippen LogP contribution < -0.4 is 9.47 Å². The van der Waals surface area contributed by atoms with Gasteiger partial charge in [0.25, 0.3) is 5.88 Å². The molecule has 0 aliphatic rings. The van der Waals surface area contributed by atoms with Gasteiger partial charge in [0.15, 0.2) is 0 Å². The number of nitro groups is 1. The lowest BCUT2D eigenvalue weighted by molar-refractivity contribution is -0.386. The molecule has 106 valence electrons. The van der Waals surface area contributed by atoms with Gasteiger partial charge in [0.1, 0.15) is 11.1 Å². The van der Waals surface area contributed by atoms with Crippen LogP contribution in [0.15, 0.2) is 6.07 Å². The Morgan fingerprint density at radius 3 is 2.63 bits per heavy atom. The molecule has 1 aromatic rings. The molecule has 0 aliphatic carbocycles. The van der Waals surface area contributed by atoms with E-state index in [1.165, 1.54) is 13.2 Å². The molecular weight excluding hydrogens is 272 g/mol. The Hall–Kier alpha value is -1.56. The monoisotopic (exact) mass is 288 g/mol. The number of hydrogen-bond donors (Lipinski definition) is 0. The Morgan fingerprint density at radius 2 is 2.16 bits per heavy atom.